The number of halogens is 1. The summed E-state index contributed by atoms with van der Waals surface area (Å²) < 4.78 is 44.4. The number of carbonyl (C=O) groups excluding carboxylic acids is 1. The third-order valence-corrected chi connectivity index (χ3v) is 4.09. The summed E-state index contributed by atoms with van der Waals surface area (Å²) in [5.41, 5.74) is 0.283. The van der Waals surface area contributed by atoms with Crippen LogP contribution in [0.1, 0.15) is 16.1 Å². The summed E-state index contributed by atoms with van der Waals surface area (Å²) in [4.78, 5) is 17.6. The molecular weight excluding hydrogens is 301 g/mol. The summed E-state index contributed by atoms with van der Waals surface area (Å²) in [6.45, 7) is -0.0700. The molecule has 0 saturated carbocycles. The first kappa shape index (κ1) is 15.1. The summed E-state index contributed by atoms with van der Waals surface area (Å²) in [5.74, 6) is -1.64. The van der Waals surface area contributed by atoms with E-state index in [0.29, 0.717) is 5.69 Å². The minimum absolute atomic E-state index is 0.0700. The molecule has 0 aliphatic heterocycles. The van der Waals surface area contributed by atoms with E-state index in [-0.39, 0.29) is 12.1 Å². The SMILES string of the molecule is COC(=O)c1ccc(F)cc1S(=O)(=O)NCc1cnc[nH]1. The van der Waals surface area contributed by atoms with E-state index in [1.165, 1.54) is 12.5 Å². The van der Waals surface area contributed by atoms with Crippen molar-refractivity contribution in [3.63, 3.8) is 0 Å². The van der Waals surface area contributed by atoms with Crippen molar-refractivity contribution < 1.29 is 22.3 Å². The Morgan fingerprint density at radius 2 is 2.24 bits per heavy atom. The van der Waals surface area contributed by atoms with E-state index in [2.05, 4.69) is 19.4 Å². The second-order valence-corrected chi connectivity index (χ2v) is 5.77. The van der Waals surface area contributed by atoms with Crippen molar-refractivity contribution in [2.45, 2.75) is 11.4 Å². The molecule has 2 aromatic rings. The van der Waals surface area contributed by atoms with Crippen LogP contribution in [0.15, 0.2) is 35.6 Å². The molecule has 112 valence electrons. The number of benzene rings is 1. The lowest BCUT2D eigenvalue weighted by molar-refractivity contribution is 0.0596. The highest BCUT2D eigenvalue weighted by Crippen LogP contribution is 2.18. The number of methoxy groups -OCH3 is 1. The molecule has 7 nitrogen and oxygen atoms in total. The van der Waals surface area contributed by atoms with Gasteiger partial charge in [-0.1, -0.05) is 0 Å². The highest BCUT2D eigenvalue weighted by atomic mass is 32.2. The lowest BCUT2D eigenvalue weighted by Crippen LogP contribution is -2.25. The topological polar surface area (TPSA) is 101 Å². The van der Waals surface area contributed by atoms with Crippen molar-refractivity contribution >= 4 is 16.0 Å². The van der Waals surface area contributed by atoms with Crippen molar-refractivity contribution in [1.29, 1.82) is 0 Å². The van der Waals surface area contributed by atoms with Crippen molar-refractivity contribution in [1.82, 2.24) is 14.7 Å². The number of hydrogen-bond donors (Lipinski definition) is 2. The number of H-pyrrole nitrogens is 1. The second kappa shape index (κ2) is 6.02. The van der Waals surface area contributed by atoms with Gasteiger partial charge in [0.15, 0.2) is 0 Å². The van der Waals surface area contributed by atoms with Crippen LogP contribution >= 0.6 is 0 Å². The number of aromatic nitrogens is 2. The van der Waals surface area contributed by atoms with Crippen LogP contribution in [0.5, 0.6) is 0 Å². The maximum atomic E-state index is 13.3. The molecule has 0 amide bonds. The molecule has 0 bridgehead atoms. The van der Waals surface area contributed by atoms with Crippen molar-refractivity contribution in [3.8, 4) is 0 Å². The van der Waals surface area contributed by atoms with Crippen LogP contribution in [-0.2, 0) is 21.3 Å². The van der Waals surface area contributed by atoms with Crippen LogP contribution in [0.25, 0.3) is 0 Å². The van der Waals surface area contributed by atoms with Crippen molar-refractivity contribution in [2.24, 2.45) is 0 Å². The molecule has 1 aromatic carbocycles. The number of ether oxygens (including phenoxy) is 1. The number of carbonyl (C=O) groups is 1. The Morgan fingerprint density at radius 3 is 2.86 bits per heavy atom. The van der Waals surface area contributed by atoms with Gasteiger partial charge in [0.05, 0.1) is 30.4 Å². The van der Waals surface area contributed by atoms with E-state index in [9.17, 15) is 17.6 Å². The van der Waals surface area contributed by atoms with Gasteiger partial charge >= 0.3 is 5.97 Å². The first-order valence-corrected chi connectivity index (χ1v) is 7.27. The van der Waals surface area contributed by atoms with Gasteiger partial charge in [0.25, 0.3) is 0 Å². The van der Waals surface area contributed by atoms with Crippen LogP contribution in [0.3, 0.4) is 0 Å². The van der Waals surface area contributed by atoms with E-state index in [0.717, 1.165) is 25.3 Å². The first-order chi connectivity index (χ1) is 9.94. The number of sulfonamides is 1. The van der Waals surface area contributed by atoms with Gasteiger partial charge < -0.3 is 9.72 Å². The molecule has 2 N–H and O–H groups in total. The van der Waals surface area contributed by atoms with E-state index >= 15 is 0 Å². The fourth-order valence-corrected chi connectivity index (χ4v) is 2.84. The zero-order valence-electron chi connectivity index (χ0n) is 11.0. The average Bonchev–Trinajstić information content (AvgIpc) is 2.98. The summed E-state index contributed by atoms with van der Waals surface area (Å²) in [6, 6.07) is 2.81. The van der Waals surface area contributed by atoms with Crippen LogP contribution < -0.4 is 4.72 Å². The van der Waals surface area contributed by atoms with E-state index in [4.69, 9.17) is 0 Å². The predicted octanol–water partition coefficient (Wildman–Crippen LogP) is 0.814. The zero-order valence-corrected chi connectivity index (χ0v) is 11.8. The third-order valence-electron chi connectivity index (χ3n) is 2.65. The van der Waals surface area contributed by atoms with Crippen LogP contribution in [-0.4, -0.2) is 31.5 Å². The Bertz CT molecular complexity index is 744. The fourth-order valence-electron chi connectivity index (χ4n) is 1.63. The number of imidazole rings is 1. The van der Waals surface area contributed by atoms with Gasteiger partial charge in [-0.2, -0.15) is 0 Å². The smallest absolute Gasteiger partial charge is 0.339 e. The van der Waals surface area contributed by atoms with Crippen LogP contribution in [0.2, 0.25) is 0 Å². The molecular formula is C12H12FN3O4S. The Kier molecular flexibility index (Phi) is 4.34. The van der Waals surface area contributed by atoms with E-state index in [1.807, 2.05) is 0 Å². The minimum Gasteiger partial charge on any atom is -0.465 e. The number of nitrogens with one attached hydrogen (secondary N) is 2. The second-order valence-electron chi connectivity index (χ2n) is 4.03. The summed E-state index contributed by atoms with van der Waals surface area (Å²) in [6.07, 6.45) is 2.83. The van der Waals surface area contributed by atoms with Gasteiger partial charge in [0.1, 0.15) is 5.82 Å². The van der Waals surface area contributed by atoms with Gasteiger partial charge in [-0.15, -0.1) is 0 Å². The van der Waals surface area contributed by atoms with Gasteiger partial charge in [-0.3, -0.25) is 0 Å². The predicted molar refractivity (Wildman–Crippen MR) is 70.4 cm³/mol. The van der Waals surface area contributed by atoms with Crippen LogP contribution in [0.4, 0.5) is 4.39 Å². The highest BCUT2D eigenvalue weighted by Gasteiger charge is 2.23. The zero-order chi connectivity index (χ0) is 15.5. The Balaban J connectivity index is 2.34. The molecule has 0 aliphatic rings. The maximum absolute atomic E-state index is 13.3. The number of nitrogens with zero attached hydrogens (tertiary/aromatic N) is 1. The first-order valence-electron chi connectivity index (χ1n) is 5.79. The monoisotopic (exact) mass is 313 g/mol. The van der Waals surface area contributed by atoms with E-state index < -0.39 is 26.7 Å². The number of aromatic amines is 1. The quantitative estimate of drug-likeness (QED) is 0.796. The average molecular weight is 313 g/mol. The molecule has 0 radical (unpaired) electrons. The summed E-state index contributed by atoms with van der Waals surface area (Å²) in [5, 5.41) is 0. The van der Waals surface area contributed by atoms with Crippen LogP contribution in [0, 0.1) is 5.82 Å². The molecule has 21 heavy (non-hydrogen) atoms. The molecule has 0 saturated heterocycles. The largest absolute Gasteiger partial charge is 0.465 e. The summed E-state index contributed by atoms with van der Waals surface area (Å²) in [7, 11) is -2.97. The number of esters is 1. The summed E-state index contributed by atoms with van der Waals surface area (Å²) >= 11 is 0. The molecule has 0 unspecified atom stereocenters. The molecule has 9 heteroatoms. The van der Waals surface area contributed by atoms with Gasteiger partial charge in [-0.25, -0.2) is 27.3 Å². The molecule has 0 fully saturated rings. The normalized spacial score (nSPS) is 11.3. The molecule has 1 aromatic heterocycles. The van der Waals surface area contributed by atoms with Gasteiger partial charge in [-0.05, 0) is 18.2 Å². The molecule has 2 rings (SSSR count). The lowest BCUT2D eigenvalue weighted by atomic mass is 10.2. The maximum Gasteiger partial charge on any atom is 0.339 e. The Hall–Kier alpha value is -2.26. The van der Waals surface area contributed by atoms with Crippen molar-refractivity contribution in [3.05, 3.63) is 47.8 Å². The molecule has 0 atom stereocenters. The standard InChI is InChI=1S/C12H12FN3O4S/c1-20-12(17)10-3-2-8(13)4-11(10)21(18,19)16-6-9-5-14-7-15-9/h2-5,7,16H,6H2,1H3,(H,14,15). The molecule has 0 spiro atoms. The van der Waals surface area contributed by atoms with Crippen molar-refractivity contribution in [2.75, 3.05) is 7.11 Å². The third kappa shape index (κ3) is 3.44. The number of hydrogen-bond acceptors (Lipinski definition) is 5. The van der Waals surface area contributed by atoms with Gasteiger partial charge in [0, 0.05) is 11.9 Å². The Labute approximate surface area is 120 Å². The fraction of sp³-hybridized carbons (Fsp3) is 0.167. The lowest BCUT2D eigenvalue weighted by Gasteiger charge is -2.10. The Morgan fingerprint density at radius 1 is 1.48 bits per heavy atom. The highest BCUT2D eigenvalue weighted by molar-refractivity contribution is 7.89. The van der Waals surface area contributed by atoms with Gasteiger partial charge in [0.2, 0.25) is 10.0 Å². The minimum atomic E-state index is -4.08. The molecule has 1 heterocycles. The molecule has 0 aliphatic carbocycles. The number of rotatable bonds is 5. The van der Waals surface area contributed by atoms with E-state index in [1.54, 1.807) is 0 Å².